The smallest absolute Gasteiger partial charge is 0.269 e. The Hall–Kier alpha value is -0.417. The van der Waals surface area contributed by atoms with Crippen molar-refractivity contribution in [3.05, 3.63) is 47.6 Å². The number of hydrogen-bond acceptors (Lipinski definition) is 0. The quantitative estimate of drug-likeness (QED) is 0.413. The van der Waals surface area contributed by atoms with Gasteiger partial charge in [0.1, 0.15) is 0 Å². The van der Waals surface area contributed by atoms with Gasteiger partial charge in [0.05, 0.1) is 0 Å². The van der Waals surface area contributed by atoms with E-state index in [0.717, 1.165) is 12.8 Å². The van der Waals surface area contributed by atoms with Gasteiger partial charge in [0.25, 0.3) is 0 Å². The Balaban J connectivity index is 0.000000324. The number of hydrogen-bond donors (Lipinski definition) is 0. The SMILES string of the molecule is CC(C)(C)C1=[C-]CC=C1.CC(C)(C)C1=[C-]CC=C1.[Zn+2]. The van der Waals surface area contributed by atoms with Gasteiger partial charge in [0.2, 0.25) is 0 Å². The van der Waals surface area contributed by atoms with Crippen LogP contribution in [0.3, 0.4) is 0 Å². The van der Waals surface area contributed by atoms with E-state index in [1.54, 1.807) is 0 Å². The van der Waals surface area contributed by atoms with Gasteiger partial charge in [-0.05, 0) is 10.8 Å². The van der Waals surface area contributed by atoms with Crippen LogP contribution in [0.4, 0.5) is 0 Å². The van der Waals surface area contributed by atoms with Crippen molar-refractivity contribution in [3.8, 4) is 0 Å². The zero-order chi connectivity index (χ0) is 13.8. The summed E-state index contributed by atoms with van der Waals surface area (Å²) in [4.78, 5) is 0. The molecule has 0 amide bonds. The maximum Gasteiger partial charge on any atom is 2.00 e. The van der Waals surface area contributed by atoms with Gasteiger partial charge >= 0.3 is 19.5 Å². The van der Waals surface area contributed by atoms with Crippen molar-refractivity contribution in [1.82, 2.24) is 0 Å². The maximum absolute atomic E-state index is 3.30. The molecule has 0 saturated heterocycles. The normalized spacial score (nSPS) is 17.4. The van der Waals surface area contributed by atoms with Gasteiger partial charge < -0.3 is 0 Å². The molecule has 0 fully saturated rings. The second kappa shape index (κ2) is 7.39. The molecule has 100 valence electrons. The molecule has 0 spiro atoms. The molecule has 1 heteroatoms. The minimum Gasteiger partial charge on any atom is -0.269 e. The molecule has 0 atom stereocenters. The van der Waals surface area contributed by atoms with E-state index < -0.39 is 0 Å². The molecule has 0 aromatic heterocycles. The van der Waals surface area contributed by atoms with Crippen molar-refractivity contribution in [2.75, 3.05) is 0 Å². The summed E-state index contributed by atoms with van der Waals surface area (Å²) >= 11 is 0. The third-order valence-electron chi connectivity index (χ3n) is 3.01. The standard InChI is InChI=1S/2C9H13.Zn/c2*1-9(2,3)8-6-4-5-7-8;/h2*4,6H,5H2,1-3H3;/q2*-1;+2. The third kappa shape index (κ3) is 6.52. The molecular weight excluding hydrogens is 282 g/mol. The van der Waals surface area contributed by atoms with Crippen molar-refractivity contribution in [2.24, 2.45) is 10.8 Å². The fourth-order valence-corrected chi connectivity index (χ4v) is 1.84. The summed E-state index contributed by atoms with van der Waals surface area (Å²) in [6.45, 7) is 13.3. The largest absolute Gasteiger partial charge is 2.00 e. The van der Waals surface area contributed by atoms with Gasteiger partial charge in [-0.25, -0.2) is 23.3 Å². The second-order valence-electron chi connectivity index (χ2n) is 6.89. The monoisotopic (exact) mass is 306 g/mol. The van der Waals surface area contributed by atoms with Crippen molar-refractivity contribution >= 4 is 0 Å². The first kappa shape index (κ1) is 18.6. The van der Waals surface area contributed by atoms with E-state index in [1.165, 1.54) is 11.1 Å². The Morgan fingerprint density at radius 2 is 1.05 bits per heavy atom. The zero-order valence-corrected chi connectivity index (χ0v) is 16.4. The molecule has 0 heterocycles. The van der Waals surface area contributed by atoms with Crippen molar-refractivity contribution in [2.45, 2.75) is 54.4 Å². The van der Waals surface area contributed by atoms with Crippen LogP contribution in [-0.4, -0.2) is 0 Å². The van der Waals surface area contributed by atoms with Crippen LogP contribution in [0.25, 0.3) is 0 Å². The van der Waals surface area contributed by atoms with Gasteiger partial charge in [-0.2, -0.15) is 12.2 Å². The predicted octanol–water partition coefficient (Wildman–Crippen LogP) is 5.44. The van der Waals surface area contributed by atoms with Crippen LogP contribution in [0.2, 0.25) is 0 Å². The molecule has 0 unspecified atom stereocenters. The minimum atomic E-state index is 0. The molecule has 19 heavy (non-hydrogen) atoms. The van der Waals surface area contributed by atoms with E-state index in [-0.39, 0.29) is 19.5 Å². The van der Waals surface area contributed by atoms with Gasteiger partial charge in [-0.1, -0.05) is 41.5 Å². The Morgan fingerprint density at radius 1 is 0.737 bits per heavy atom. The van der Waals surface area contributed by atoms with E-state index in [9.17, 15) is 0 Å². The Bertz CT molecular complexity index is 352. The average molecular weight is 308 g/mol. The Kier molecular flexibility index (Phi) is 7.23. The summed E-state index contributed by atoms with van der Waals surface area (Å²) < 4.78 is 0. The summed E-state index contributed by atoms with van der Waals surface area (Å²) in [5, 5.41) is 0. The molecule has 0 aromatic carbocycles. The summed E-state index contributed by atoms with van der Waals surface area (Å²) in [5.41, 5.74) is 3.30. The van der Waals surface area contributed by atoms with Crippen LogP contribution in [0.1, 0.15) is 54.4 Å². The first-order valence-electron chi connectivity index (χ1n) is 6.77. The fraction of sp³-hybridized carbons (Fsp3) is 0.556. The average Bonchev–Trinajstić information content (AvgIpc) is 2.91. The summed E-state index contributed by atoms with van der Waals surface area (Å²) in [7, 11) is 0. The predicted molar refractivity (Wildman–Crippen MR) is 79.9 cm³/mol. The second-order valence-corrected chi connectivity index (χ2v) is 6.89. The summed E-state index contributed by atoms with van der Waals surface area (Å²) in [6, 6.07) is 0. The Morgan fingerprint density at radius 3 is 1.16 bits per heavy atom. The van der Waals surface area contributed by atoms with Crippen LogP contribution in [0, 0.1) is 23.0 Å². The maximum atomic E-state index is 3.30. The molecule has 0 radical (unpaired) electrons. The Labute approximate surface area is 132 Å². The van der Waals surface area contributed by atoms with Gasteiger partial charge in [-0.15, -0.1) is 12.8 Å². The van der Waals surface area contributed by atoms with Gasteiger partial charge in [0, 0.05) is 0 Å². The molecule has 0 N–H and O–H groups in total. The fourth-order valence-electron chi connectivity index (χ4n) is 1.84. The molecule has 0 bridgehead atoms. The van der Waals surface area contributed by atoms with Crippen LogP contribution >= 0.6 is 0 Å². The van der Waals surface area contributed by atoms with Gasteiger partial charge in [0.15, 0.2) is 0 Å². The number of rotatable bonds is 0. The summed E-state index contributed by atoms with van der Waals surface area (Å²) in [5.74, 6) is 0. The van der Waals surface area contributed by atoms with E-state index >= 15 is 0 Å². The van der Waals surface area contributed by atoms with E-state index in [1.807, 2.05) is 0 Å². The topological polar surface area (TPSA) is 0 Å². The molecule has 0 aromatic rings. The molecule has 0 aliphatic heterocycles. The molecule has 2 aliphatic carbocycles. The third-order valence-corrected chi connectivity index (χ3v) is 3.01. The van der Waals surface area contributed by atoms with Crippen LogP contribution in [-0.2, 0) is 19.5 Å². The minimum absolute atomic E-state index is 0. The van der Waals surface area contributed by atoms with E-state index in [2.05, 4.69) is 78.0 Å². The summed E-state index contributed by atoms with van der Waals surface area (Å²) in [6.07, 6.45) is 17.3. The van der Waals surface area contributed by atoms with Crippen molar-refractivity contribution in [1.29, 1.82) is 0 Å². The van der Waals surface area contributed by atoms with E-state index in [4.69, 9.17) is 0 Å². The van der Waals surface area contributed by atoms with Crippen LogP contribution in [0.5, 0.6) is 0 Å². The molecule has 0 nitrogen and oxygen atoms in total. The molecule has 2 rings (SSSR count). The first-order chi connectivity index (χ1) is 8.21. The van der Waals surface area contributed by atoms with Crippen molar-refractivity contribution in [3.63, 3.8) is 0 Å². The van der Waals surface area contributed by atoms with Gasteiger partial charge in [-0.3, -0.25) is 12.2 Å². The zero-order valence-electron chi connectivity index (χ0n) is 13.4. The number of allylic oxidation sites excluding steroid dienone is 8. The first-order valence-corrected chi connectivity index (χ1v) is 6.77. The van der Waals surface area contributed by atoms with E-state index in [0.29, 0.717) is 10.8 Å². The van der Waals surface area contributed by atoms with Crippen LogP contribution in [0.15, 0.2) is 35.5 Å². The molecule has 0 saturated carbocycles. The van der Waals surface area contributed by atoms with Crippen LogP contribution < -0.4 is 0 Å². The molecule has 2 aliphatic rings. The molecular formula is C18H26Zn. The van der Waals surface area contributed by atoms with Crippen molar-refractivity contribution < 1.29 is 19.5 Å².